The maximum absolute atomic E-state index is 11.6. The van der Waals surface area contributed by atoms with Gasteiger partial charge in [0.25, 0.3) is 0 Å². The number of carbonyl (C=O) groups is 1. The first-order valence-electron chi connectivity index (χ1n) is 4.81. The number of rotatable bonds is 5. The van der Waals surface area contributed by atoms with E-state index in [1.54, 1.807) is 0 Å². The van der Waals surface area contributed by atoms with Crippen molar-refractivity contribution in [2.75, 3.05) is 7.11 Å². The summed E-state index contributed by atoms with van der Waals surface area (Å²) in [4.78, 5) is 8.86. The van der Waals surface area contributed by atoms with Gasteiger partial charge in [-0.15, -0.1) is 0 Å². The van der Waals surface area contributed by atoms with Crippen LogP contribution in [0.5, 0.6) is 0 Å². The van der Waals surface area contributed by atoms with Gasteiger partial charge in [0, 0.05) is 0 Å². The van der Waals surface area contributed by atoms with Crippen molar-refractivity contribution in [2.24, 2.45) is 0 Å². The second-order valence-electron chi connectivity index (χ2n) is 3.36. The smallest absolute Gasteiger partial charge is 0.323 e. The van der Waals surface area contributed by atoms with Crippen LogP contribution in [0.3, 0.4) is 0 Å². The van der Waals surface area contributed by atoms with Gasteiger partial charge in [0.05, 0.1) is 7.11 Å². The summed E-state index contributed by atoms with van der Waals surface area (Å²) in [5, 5.41) is 2.74. The lowest BCUT2D eigenvalue weighted by Gasteiger charge is -2.18. The molecule has 1 atom stereocenters. The average molecular weight is 312 g/mol. The van der Waals surface area contributed by atoms with Crippen molar-refractivity contribution in [2.45, 2.75) is 12.5 Å². The Morgan fingerprint density at radius 1 is 1.47 bits per heavy atom. The molecule has 0 fully saturated rings. The van der Waals surface area contributed by atoms with E-state index in [1.807, 2.05) is 30.3 Å². The lowest BCUT2D eigenvalue weighted by molar-refractivity contribution is -0.142. The molecule has 7 heteroatoms. The van der Waals surface area contributed by atoms with Gasteiger partial charge in [-0.2, -0.15) is 0 Å². The number of hydrogen-bond donors (Lipinski definition) is 1. The van der Waals surface area contributed by atoms with E-state index >= 15 is 0 Å². The normalized spacial score (nSPS) is 13.1. The topological polar surface area (TPSA) is 38.3 Å². The summed E-state index contributed by atoms with van der Waals surface area (Å²) >= 11 is 16.4. The van der Waals surface area contributed by atoms with Crippen molar-refractivity contribution < 1.29 is 9.53 Å². The van der Waals surface area contributed by atoms with Crippen molar-refractivity contribution in [1.29, 1.82) is 0 Å². The van der Waals surface area contributed by atoms with Crippen LogP contribution in [0.4, 0.5) is 0 Å². The Balaban J connectivity index is 2.78. The van der Waals surface area contributed by atoms with Crippen molar-refractivity contribution in [3.63, 3.8) is 0 Å². The highest BCUT2D eigenvalue weighted by atomic mass is 35.9. The maximum Gasteiger partial charge on any atom is 0.323 e. The van der Waals surface area contributed by atoms with Gasteiger partial charge in [-0.3, -0.25) is 9.88 Å². The summed E-state index contributed by atoms with van der Waals surface area (Å²) in [7, 11) is 1.31. The molecule has 0 heterocycles. The Bertz CT molecular complexity index is 424. The van der Waals surface area contributed by atoms with Gasteiger partial charge in [-0.25, -0.2) is 0 Å². The molecule has 0 spiro atoms. The number of ether oxygens (including phenoxy) is 1. The minimum absolute atomic E-state index is 0.427. The predicted octanol–water partition coefficient (Wildman–Crippen LogP) is 3.06. The van der Waals surface area contributed by atoms with Gasteiger partial charge >= 0.3 is 5.97 Å². The Hall–Kier alpha value is -0.120. The molecule has 1 aromatic rings. The Kier molecular flexibility index (Phi) is 5.90. The van der Waals surface area contributed by atoms with Crippen LogP contribution >= 0.6 is 27.4 Å². The van der Waals surface area contributed by atoms with Crippen molar-refractivity contribution in [3.8, 4) is 0 Å². The number of hydrogen-bond acceptors (Lipinski definition) is 3. The van der Waals surface area contributed by atoms with Gasteiger partial charge in [0.1, 0.15) is 6.04 Å². The summed E-state index contributed by atoms with van der Waals surface area (Å²) in [6.07, 6.45) is 0.436. The third kappa shape index (κ3) is 5.84. The van der Waals surface area contributed by atoms with Crippen LogP contribution in [0.15, 0.2) is 30.3 Å². The molecule has 0 radical (unpaired) electrons. The summed E-state index contributed by atoms with van der Waals surface area (Å²) < 4.78 is 4.68. The Morgan fingerprint density at radius 2 is 2.06 bits per heavy atom. The molecule has 0 aliphatic heterocycles. The monoisotopic (exact) mass is 311 g/mol. The van der Waals surface area contributed by atoms with Crippen LogP contribution in [0.1, 0.15) is 5.56 Å². The molecule has 0 aromatic heterocycles. The molecule has 1 unspecified atom stereocenters. The van der Waals surface area contributed by atoms with E-state index in [9.17, 15) is 4.79 Å². The second kappa shape index (κ2) is 6.72. The maximum atomic E-state index is 11.6. The minimum Gasteiger partial charge on any atom is -0.468 e. The van der Waals surface area contributed by atoms with Crippen molar-refractivity contribution in [3.05, 3.63) is 35.9 Å². The molecule has 0 bridgehead atoms. The van der Waals surface area contributed by atoms with E-state index in [1.165, 1.54) is 7.11 Å². The molecule has 0 amide bonds. The van der Waals surface area contributed by atoms with Crippen LogP contribution in [-0.4, -0.2) is 19.1 Å². The zero-order valence-electron chi connectivity index (χ0n) is 9.10. The van der Waals surface area contributed by atoms with Crippen LogP contribution < -0.4 is 5.09 Å². The van der Waals surface area contributed by atoms with E-state index in [4.69, 9.17) is 34.3 Å². The van der Waals surface area contributed by atoms with E-state index in [0.717, 1.165) is 5.56 Å². The first kappa shape index (κ1) is 14.9. The van der Waals surface area contributed by atoms with Gasteiger partial charge < -0.3 is 4.74 Å². The molecular weight excluding hydrogens is 300 g/mol. The van der Waals surface area contributed by atoms with Gasteiger partial charge in [-0.05, 0) is 23.8 Å². The van der Waals surface area contributed by atoms with Crippen LogP contribution in [-0.2, 0) is 27.8 Å². The third-order valence-corrected chi connectivity index (χ3v) is 3.59. The molecule has 94 valence electrons. The molecule has 1 aromatic carbocycles. The summed E-state index contributed by atoms with van der Waals surface area (Å²) in [5.41, 5.74) is 0.979. The molecule has 3 nitrogen and oxygen atoms in total. The lowest BCUT2D eigenvalue weighted by atomic mass is 10.1. The number of methoxy groups -OCH3 is 1. The van der Waals surface area contributed by atoms with Crippen molar-refractivity contribution >= 4 is 45.2 Å². The molecular formula is C10H12Cl2NO2PS. The number of esters is 1. The standard InChI is InChI=1S/C10H12Cl2NO2PS/c1-15-10(14)9(13-16(11,12)17)7-8-5-3-2-4-6-8/h2-6,9H,7H2,1H3,(H,13,17). The molecule has 0 aliphatic carbocycles. The average Bonchev–Trinajstić information content (AvgIpc) is 2.27. The minimum atomic E-state index is -2.70. The van der Waals surface area contributed by atoms with Crippen molar-refractivity contribution in [1.82, 2.24) is 5.09 Å². The number of carbonyl (C=O) groups excluding carboxylic acids is 1. The first-order chi connectivity index (χ1) is 7.92. The summed E-state index contributed by atoms with van der Waals surface area (Å²) in [6, 6.07) is 8.87. The summed E-state index contributed by atoms with van der Waals surface area (Å²) in [6.45, 7) is 0. The van der Waals surface area contributed by atoms with E-state index < -0.39 is 16.9 Å². The third-order valence-electron chi connectivity index (χ3n) is 2.07. The summed E-state index contributed by atoms with van der Waals surface area (Å²) in [5.74, 6) is -0.427. The van der Waals surface area contributed by atoms with Crippen LogP contribution in [0.25, 0.3) is 0 Å². The highest BCUT2D eigenvalue weighted by molar-refractivity contribution is 8.38. The molecule has 17 heavy (non-hydrogen) atoms. The Labute approximate surface area is 115 Å². The molecule has 0 saturated heterocycles. The second-order valence-corrected chi connectivity index (χ2v) is 10.9. The van der Waals surface area contributed by atoms with E-state index in [0.29, 0.717) is 6.42 Å². The van der Waals surface area contributed by atoms with Gasteiger partial charge in [0.15, 0.2) is 4.89 Å². The molecule has 1 rings (SSSR count). The zero-order chi connectivity index (χ0) is 12.9. The van der Waals surface area contributed by atoms with Gasteiger partial charge in [0.2, 0.25) is 0 Å². The number of nitrogens with one attached hydrogen (secondary N) is 1. The highest BCUT2D eigenvalue weighted by Gasteiger charge is 2.24. The largest absolute Gasteiger partial charge is 0.468 e. The zero-order valence-corrected chi connectivity index (χ0v) is 12.3. The fourth-order valence-electron chi connectivity index (χ4n) is 1.36. The lowest BCUT2D eigenvalue weighted by Crippen LogP contribution is -2.35. The fourth-order valence-corrected chi connectivity index (χ4v) is 3.00. The first-order valence-corrected chi connectivity index (χ1v) is 9.42. The van der Waals surface area contributed by atoms with E-state index in [-0.39, 0.29) is 0 Å². The fraction of sp³-hybridized carbons (Fsp3) is 0.300. The highest BCUT2D eigenvalue weighted by Crippen LogP contribution is 2.53. The number of benzene rings is 1. The van der Waals surface area contributed by atoms with E-state index in [2.05, 4.69) is 9.82 Å². The van der Waals surface area contributed by atoms with Crippen LogP contribution in [0.2, 0.25) is 0 Å². The quantitative estimate of drug-likeness (QED) is 0.670. The number of halogens is 2. The molecule has 1 N–H and O–H groups in total. The Morgan fingerprint density at radius 3 is 2.53 bits per heavy atom. The SMILES string of the molecule is COC(=O)C(Cc1ccccc1)NP(=S)(Cl)Cl. The molecule has 0 aliphatic rings. The van der Waals surface area contributed by atoms with Gasteiger partial charge in [-0.1, -0.05) is 52.8 Å². The van der Waals surface area contributed by atoms with Crippen LogP contribution in [0, 0.1) is 0 Å². The molecule has 0 saturated carbocycles. The predicted molar refractivity (Wildman–Crippen MR) is 75.1 cm³/mol.